The summed E-state index contributed by atoms with van der Waals surface area (Å²) in [7, 11) is 3.69. The van der Waals surface area contributed by atoms with E-state index in [0.29, 0.717) is 5.92 Å². The molecule has 1 heterocycles. The summed E-state index contributed by atoms with van der Waals surface area (Å²) in [5, 5.41) is 0. The van der Waals surface area contributed by atoms with E-state index < -0.39 is 0 Å². The lowest BCUT2D eigenvalue weighted by Crippen LogP contribution is -2.48. The summed E-state index contributed by atoms with van der Waals surface area (Å²) in [6, 6.07) is 0. The molecule has 2 fully saturated rings. The summed E-state index contributed by atoms with van der Waals surface area (Å²) in [5.41, 5.74) is 0. The van der Waals surface area contributed by atoms with Crippen LogP contribution in [0, 0.1) is 11.8 Å². The fraction of sp³-hybridized carbons (Fsp3) is 0.933. The Bertz CT molecular complexity index is 282. The van der Waals surface area contributed by atoms with Crippen molar-refractivity contribution in [1.29, 1.82) is 0 Å². The van der Waals surface area contributed by atoms with Gasteiger partial charge in [0.05, 0.1) is 13.0 Å². The van der Waals surface area contributed by atoms with Gasteiger partial charge in [0.1, 0.15) is 0 Å². The molecule has 110 valence electrons. The Labute approximate surface area is 117 Å². The van der Waals surface area contributed by atoms with Crippen molar-refractivity contribution in [2.24, 2.45) is 11.8 Å². The highest BCUT2D eigenvalue weighted by Crippen LogP contribution is 2.31. The van der Waals surface area contributed by atoms with Crippen molar-refractivity contribution in [3.05, 3.63) is 0 Å². The predicted octanol–water partition coefficient (Wildman–Crippen LogP) is 1.60. The molecule has 0 N–H and O–H groups in total. The molecule has 0 aromatic heterocycles. The summed E-state index contributed by atoms with van der Waals surface area (Å²) in [6.07, 6.45) is 6.29. The lowest BCUT2D eigenvalue weighted by atomic mass is 9.79. The van der Waals surface area contributed by atoms with Gasteiger partial charge in [-0.25, -0.2) is 0 Å². The van der Waals surface area contributed by atoms with Crippen LogP contribution in [0.25, 0.3) is 0 Å². The highest BCUT2D eigenvalue weighted by Gasteiger charge is 2.32. The summed E-state index contributed by atoms with van der Waals surface area (Å²) >= 11 is 0. The molecule has 1 saturated carbocycles. The van der Waals surface area contributed by atoms with Crippen LogP contribution in [0.3, 0.4) is 0 Å². The molecule has 0 bridgehead atoms. The third-order valence-corrected chi connectivity index (χ3v) is 4.77. The smallest absolute Gasteiger partial charge is 0.310 e. The van der Waals surface area contributed by atoms with Gasteiger partial charge in [0.15, 0.2) is 0 Å². The van der Waals surface area contributed by atoms with Gasteiger partial charge in [0, 0.05) is 32.7 Å². The average Bonchev–Trinajstić information content (AvgIpc) is 2.47. The van der Waals surface area contributed by atoms with Crippen LogP contribution in [0.4, 0.5) is 0 Å². The minimum Gasteiger partial charge on any atom is -0.469 e. The maximum atomic E-state index is 12.1. The zero-order valence-electron chi connectivity index (χ0n) is 12.4. The molecule has 1 aliphatic carbocycles. The highest BCUT2D eigenvalue weighted by atomic mass is 16.5. The van der Waals surface area contributed by atoms with Crippen molar-refractivity contribution in [3.8, 4) is 0 Å². The number of carbonyl (C=O) groups excluding carboxylic acids is 1. The maximum Gasteiger partial charge on any atom is 0.310 e. The Hall–Kier alpha value is -0.610. The molecule has 4 nitrogen and oxygen atoms in total. The zero-order chi connectivity index (χ0) is 13.7. The van der Waals surface area contributed by atoms with Crippen molar-refractivity contribution >= 4 is 5.97 Å². The largest absolute Gasteiger partial charge is 0.469 e. The van der Waals surface area contributed by atoms with E-state index in [4.69, 9.17) is 4.74 Å². The standard InChI is InChI=1S/C15H28N2O2/c1-16-8-10-17(11-9-16)12-14(15(18)19-2)13-6-4-3-5-7-13/h13-14H,3-12H2,1-2H3. The number of nitrogens with zero attached hydrogens (tertiary/aromatic N) is 2. The Morgan fingerprint density at radius 1 is 1.16 bits per heavy atom. The van der Waals surface area contributed by atoms with Gasteiger partial charge in [0.25, 0.3) is 0 Å². The van der Waals surface area contributed by atoms with Crippen LogP contribution in [0.2, 0.25) is 0 Å². The van der Waals surface area contributed by atoms with Crippen molar-refractivity contribution in [2.45, 2.75) is 32.1 Å². The molecular weight excluding hydrogens is 240 g/mol. The van der Waals surface area contributed by atoms with Gasteiger partial charge in [-0.05, 0) is 25.8 Å². The van der Waals surface area contributed by atoms with E-state index in [1.165, 1.54) is 39.2 Å². The second-order valence-electron chi connectivity index (χ2n) is 6.13. The Balaban J connectivity index is 1.91. The van der Waals surface area contributed by atoms with E-state index >= 15 is 0 Å². The van der Waals surface area contributed by atoms with Gasteiger partial charge in [-0.2, -0.15) is 0 Å². The summed E-state index contributed by atoms with van der Waals surface area (Å²) in [5.74, 6) is 0.639. The highest BCUT2D eigenvalue weighted by molar-refractivity contribution is 5.72. The molecule has 1 aliphatic heterocycles. The average molecular weight is 268 g/mol. The number of carbonyl (C=O) groups is 1. The van der Waals surface area contributed by atoms with Crippen LogP contribution in [0.15, 0.2) is 0 Å². The SMILES string of the molecule is COC(=O)C(CN1CCN(C)CC1)C1CCCCC1. The molecule has 0 amide bonds. The molecule has 2 aliphatic rings. The maximum absolute atomic E-state index is 12.1. The summed E-state index contributed by atoms with van der Waals surface area (Å²) in [6.45, 7) is 5.27. The summed E-state index contributed by atoms with van der Waals surface area (Å²) in [4.78, 5) is 16.9. The number of hydrogen-bond donors (Lipinski definition) is 0. The Kier molecular flexibility index (Phi) is 5.64. The predicted molar refractivity (Wildman–Crippen MR) is 76.0 cm³/mol. The van der Waals surface area contributed by atoms with Crippen molar-refractivity contribution in [2.75, 3.05) is 46.9 Å². The van der Waals surface area contributed by atoms with Crippen LogP contribution in [-0.4, -0.2) is 62.7 Å². The van der Waals surface area contributed by atoms with Crippen LogP contribution in [-0.2, 0) is 9.53 Å². The lowest BCUT2D eigenvalue weighted by molar-refractivity contribution is -0.149. The normalized spacial score (nSPS) is 25.2. The fourth-order valence-electron chi connectivity index (χ4n) is 3.41. The van der Waals surface area contributed by atoms with Crippen LogP contribution in [0.5, 0.6) is 0 Å². The number of ether oxygens (including phenoxy) is 1. The minimum absolute atomic E-state index is 0.00540. The van der Waals surface area contributed by atoms with Gasteiger partial charge in [-0.15, -0.1) is 0 Å². The molecule has 4 heteroatoms. The number of esters is 1. The molecule has 0 radical (unpaired) electrons. The van der Waals surface area contributed by atoms with Gasteiger partial charge in [-0.3, -0.25) is 9.69 Å². The molecule has 0 spiro atoms. The monoisotopic (exact) mass is 268 g/mol. The molecule has 0 aromatic rings. The second kappa shape index (κ2) is 7.25. The topological polar surface area (TPSA) is 32.8 Å². The number of methoxy groups -OCH3 is 1. The number of rotatable bonds is 4. The first kappa shape index (κ1) is 14.8. The third-order valence-electron chi connectivity index (χ3n) is 4.77. The van der Waals surface area contributed by atoms with Gasteiger partial charge in [0.2, 0.25) is 0 Å². The minimum atomic E-state index is 0.00540. The first-order chi connectivity index (χ1) is 9.20. The van der Waals surface area contributed by atoms with Crippen LogP contribution >= 0.6 is 0 Å². The van der Waals surface area contributed by atoms with E-state index in [9.17, 15) is 4.79 Å². The second-order valence-corrected chi connectivity index (χ2v) is 6.13. The molecule has 19 heavy (non-hydrogen) atoms. The molecular formula is C15H28N2O2. The molecule has 2 rings (SSSR count). The van der Waals surface area contributed by atoms with Crippen molar-refractivity contribution in [1.82, 2.24) is 9.80 Å². The number of hydrogen-bond acceptors (Lipinski definition) is 4. The van der Waals surface area contributed by atoms with Crippen molar-refractivity contribution < 1.29 is 9.53 Å². The third kappa shape index (κ3) is 4.18. The Morgan fingerprint density at radius 2 is 1.79 bits per heavy atom. The first-order valence-corrected chi connectivity index (χ1v) is 7.69. The van der Waals surface area contributed by atoms with E-state index in [-0.39, 0.29) is 11.9 Å². The van der Waals surface area contributed by atoms with E-state index in [0.717, 1.165) is 32.7 Å². The zero-order valence-corrected chi connectivity index (χ0v) is 12.4. The van der Waals surface area contributed by atoms with Crippen LogP contribution in [0.1, 0.15) is 32.1 Å². The number of piperazine rings is 1. The van der Waals surface area contributed by atoms with Gasteiger partial charge >= 0.3 is 5.97 Å². The lowest BCUT2D eigenvalue weighted by Gasteiger charge is -2.36. The quantitative estimate of drug-likeness (QED) is 0.725. The Morgan fingerprint density at radius 3 is 2.37 bits per heavy atom. The molecule has 1 unspecified atom stereocenters. The first-order valence-electron chi connectivity index (χ1n) is 7.69. The number of likely N-dealkylation sites (N-methyl/N-ethyl adjacent to an activating group) is 1. The van der Waals surface area contributed by atoms with Crippen molar-refractivity contribution in [3.63, 3.8) is 0 Å². The molecule has 1 saturated heterocycles. The van der Waals surface area contributed by atoms with E-state index in [2.05, 4.69) is 16.8 Å². The molecule has 0 aromatic carbocycles. The van der Waals surface area contributed by atoms with Gasteiger partial charge < -0.3 is 9.64 Å². The molecule has 1 atom stereocenters. The van der Waals surface area contributed by atoms with Crippen LogP contribution < -0.4 is 0 Å². The van der Waals surface area contributed by atoms with Gasteiger partial charge in [-0.1, -0.05) is 19.3 Å². The fourth-order valence-corrected chi connectivity index (χ4v) is 3.41. The van der Waals surface area contributed by atoms with E-state index in [1.54, 1.807) is 0 Å². The van der Waals surface area contributed by atoms with E-state index in [1.807, 2.05) is 0 Å². The summed E-state index contributed by atoms with van der Waals surface area (Å²) < 4.78 is 5.05.